The Morgan fingerprint density at radius 1 is 0.530 bits per heavy atom. The van der Waals surface area contributed by atoms with Crippen LogP contribution < -0.4 is 16.0 Å². The maximum atomic E-state index is 13.6. The van der Waals surface area contributed by atoms with E-state index >= 15 is 0 Å². The molecular weight excluding hydrogens is 1230 g/mol. The standard InChI is InChI=1S/C18H16ClF3N2O3S.C18H17ClF2N2O4S.C18H18ClFN2O4S/c1-28(27,24-8-15(21)16(25)9-24)12-4-2-3-10(5-12)18(26)23-11-6-13(19)17(22)14(20)7-11;1-10-2-3-11(18(25)22-12-4-5-14(20)13(19)7-12)6-17(10)28(26,27)23-8-15(21)16(24)9-23;1-11-2-3-12(18(24)21-13-4-5-16(20)15(19)9-13)8-17(11)27(25,26)22-7-6-14(23)10-22/h2-7,15-16,25H,1,8-9H2,(H,23,26);2-7,15-16,24H,8-9H2,1H3,(H,22,25);2-5,8-9,14,23H,6-7,10H2,1H3,(H,21,24). The summed E-state index contributed by atoms with van der Waals surface area (Å²) in [5.74, 6) is -1.88. The van der Waals surface area contributed by atoms with Crippen LogP contribution in [0.1, 0.15) is 48.6 Å². The molecule has 3 saturated heterocycles. The smallest absolute Gasteiger partial charge is 0.255 e. The monoisotopic (exact) mass is 1270 g/mol. The lowest BCUT2D eigenvalue weighted by Crippen LogP contribution is -2.30. The Bertz CT molecular complexity index is 3800. The molecule has 3 heterocycles. The summed E-state index contributed by atoms with van der Waals surface area (Å²) < 4.78 is 148. The van der Waals surface area contributed by atoms with E-state index in [1.807, 2.05) is 0 Å². The minimum atomic E-state index is -4.09. The Labute approximate surface area is 488 Å². The SMILES string of the molecule is C=S(=O)(c1cccc(C(=O)Nc2cc(F)c(F)c(Cl)c2)c1)N1CC(O)C(F)C1.Cc1ccc(C(=O)Nc2ccc(F)c(Cl)c2)cc1S(=O)(=O)N1CC(O)C(F)C1.Cc1ccc(C(=O)Nc2ccc(F)c(Cl)c2)cc1S(=O)(=O)N1CCC(O)C1. The molecule has 3 aliphatic heterocycles. The van der Waals surface area contributed by atoms with Gasteiger partial charge in [-0.05, 0) is 122 Å². The van der Waals surface area contributed by atoms with Crippen LogP contribution in [0.5, 0.6) is 0 Å². The second kappa shape index (κ2) is 26.4. The first-order chi connectivity index (χ1) is 38.9. The molecule has 0 saturated carbocycles. The highest BCUT2D eigenvalue weighted by Crippen LogP contribution is 2.30. The highest BCUT2D eigenvalue weighted by Gasteiger charge is 2.40. The lowest BCUT2D eigenvalue weighted by atomic mass is 10.1. The van der Waals surface area contributed by atoms with E-state index in [1.165, 1.54) is 87.5 Å². The number of benzene rings is 6. The average Bonchev–Trinajstić information content (AvgIpc) is 4.25. The number of hydrogen-bond acceptors (Lipinski definition) is 11. The van der Waals surface area contributed by atoms with Crippen molar-refractivity contribution in [2.24, 2.45) is 0 Å². The van der Waals surface area contributed by atoms with Gasteiger partial charge in [-0.25, -0.2) is 51.7 Å². The van der Waals surface area contributed by atoms with E-state index in [2.05, 4.69) is 21.8 Å². The van der Waals surface area contributed by atoms with Crippen LogP contribution in [-0.2, 0) is 29.8 Å². The number of aliphatic hydroxyl groups excluding tert-OH is 3. The molecule has 0 bridgehead atoms. The van der Waals surface area contributed by atoms with Crippen LogP contribution in [-0.4, -0.2) is 143 Å². The molecule has 83 heavy (non-hydrogen) atoms. The number of aliphatic hydroxyl groups is 3. The van der Waals surface area contributed by atoms with Crippen molar-refractivity contribution in [2.45, 2.75) is 65.6 Å². The number of nitrogens with zero attached hydrogens (tertiary/aromatic N) is 3. The molecular formula is C54H51Cl3F6N6O11S3. The van der Waals surface area contributed by atoms with Crippen LogP contribution >= 0.6 is 34.8 Å². The molecule has 0 aliphatic carbocycles. The van der Waals surface area contributed by atoms with E-state index in [0.717, 1.165) is 28.6 Å². The number of amides is 3. The Hall–Kier alpha value is -6.14. The molecule has 6 N–H and O–H groups in total. The first kappa shape index (κ1) is 64.4. The summed E-state index contributed by atoms with van der Waals surface area (Å²) in [6, 6.07) is 23.3. The Kier molecular flexibility index (Phi) is 20.5. The van der Waals surface area contributed by atoms with Crippen molar-refractivity contribution in [1.82, 2.24) is 12.9 Å². The molecule has 3 fully saturated rings. The third-order valence-electron chi connectivity index (χ3n) is 13.1. The average molecular weight is 1280 g/mol. The van der Waals surface area contributed by atoms with Gasteiger partial charge in [-0.15, -0.1) is 0 Å². The molecule has 0 spiro atoms. The number of β-amino-alcohol motifs (C(OH)–C–C–N with tert-alkyl or cyclic N) is 3. The molecule has 3 amide bonds. The van der Waals surface area contributed by atoms with Crippen molar-refractivity contribution in [3.05, 3.63) is 175 Å². The molecule has 0 radical (unpaired) electrons. The predicted octanol–water partition coefficient (Wildman–Crippen LogP) is 8.41. The molecule has 0 aromatic heterocycles. The van der Waals surface area contributed by atoms with Gasteiger partial charge in [0.25, 0.3) is 17.7 Å². The lowest BCUT2D eigenvalue weighted by Gasteiger charge is -2.21. The van der Waals surface area contributed by atoms with E-state index < -0.39 is 113 Å². The Morgan fingerprint density at radius 2 is 0.976 bits per heavy atom. The van der Waals surface area contributed by atoms with Crippen molar-refractivity contribution < 1.29 is 77.1 Å². The summed E-state index contributed by atoms with van der Waals surface area (Å²) in [5.41, 5.74) is 1.60. The summed E-state index contributed by atoms with van der Waals surface area (Å²) in [6.45, 7) is 2.26. The molecule has 6 aromatic rings. The van der Waals surface area contributed by atoms with Crippen LogP contribution in [0, 0.1) is 37.1 Å². The second-order valence-electron chi connectivity index (χ2n) is 19.1. The first-order valence-corrected chi connectivity index (χ1v) is 30.3. The minimum absolute atomic E-state index is 0.0152. The highest BCUT2D eigenvalue weighted by molar-refractivity contribution is 7.98. The Balaban J connectivity index is 0.000000179. The van der Waals surface area contributed by atoms with Gasteiger partial charge in [-0.1, -0.05) is 53.0 Å². The predicted molar refractivity (Wildman–Crippen MR) is 302 cm³/mol. The molecule has 6 atom stereocenters. The topological polar surface area (TPSA) is 243 Å². The fourth-order valence-corrected chi connectivity index (χ4v) is 14.2. The molecule has 6 aromatic carbocycles. The normalized spacial score (nSPS) is 20.1. The molecule has 9 rings (SSSR count). The molecule has 444 valence electrons. The summed E-state index contributed by atoms with van der Waals surface area (Å²) in [6.07, 6.45) is -6.15. The van der Waals surface area contributed by atoms with Crippen LogP contribution in [0.15, 0.2) is 124 Å². The van der Waals surface area contributed by atoms with Crippen LogP contribution in [0.3, 0.4) is 0 Å². The number of hydrogen-bond donors (Lipinski definition) is 6. The quantitative estimate of drug-likeness (QED) is 0.0386. The van der Waals surface area contributed by atoms with Crippen LogP contribution in [0.4, 0.5) is 43.4 Å². The molecule has 3 aliphatic rings. The summed E-state index contributed by atoms with van der Waals surface area (Å²) >= 11 is 16.9. The van der Waals surface area contributed by atoms with E-state index in [9.17, 15) is 77.1 Å². The zero-order chi connectivity index (χ0) is 61.0. The number of anilines is 3. The number of carbonyl (C=O) groups excluding carboxylic acids is 3. The maximum Gasteiger partial charge on any atom is 0.255 e. The largest absolute Gasteiger partial charge is 0.392 e. The van der Waals surface area contributed by atoms with Gasteiger partial charge in [0.05, 0.1) is 40.7 Å². The molecule has 17 nitrogen and oxygen atoms in total. The highest BCUT2D eigenvalue weighted by atomic mass is 35.5. The number of halogens is 9. The number of rotatable bonds is 12. The van der Waals surface area contributed by atoms with E-state index in [4.69, 9.17) is 34.8 Å². The van der Waals surface area contributed by atoms with Crippen LogP contribution in [0.2, 0.25) is 15.1 Å². The summed E-state index contributed by atoms with van der Waals surface area (Å²) in [5, 5.41) is 35.3. The number of carbonyl (C=O) groups is 3. The van der Waals surface area contributed by atoms with Crippen LogP contribution in [0.25, 0.3) is 0 Å². The van der Waals surface area contributed by atoms with E-state index in [-0.39, 0.29) is 85.5 Å². The number of sulfonamides is 2. The van der Waals surface area contributed by atoms with Crippen molar-refractivity contribution >= 4 is 105 Å². The van der Waals surface area contributed by atoms with Crippen molar-refractivity contribution in [2.75, 3.05) is 55.2 Å². The van der Waals surface area contributed by atoms with E-state index in [1.54, 1.807) is 19.9 Å². The van der Waals surface area contributed by atoms with Gasteiger partial charge in [-0.2, -0.15) is 8.61 Å². The zero-order valence-corrected chi connectivity index (χ0v) is 48.2. The van der Waals surface area contributed by atoms with E-state index in [0.29, 0.717) is 23.2 Å². The van der Waals surface area contributed by atoms with Gasteiger partial charge in [0.1, 0.15) is 36.2 Å². The third-order valence-corrected chi connectivity index (χ3v) is 20.1. The summed E-state index contributed by atoms with van der Waals surface area (Å²) in [4.78, 5) is 37.4. The number of nitrogens with one attached hydrogen (secondary N) is 3. The van der Waals surface area contributed by atoms with Gasteiger partial charge in [0, 0.05) is 84.0 Å². The third kappa shape index (κ3) is 15.2. The van der Waals surface area contributed by atoms with Crippen molar-refractivity contribution in [3.63, 3.8) is 0 Å². The molecule has 29 heteroatoms. The molecule has 6 unspecified atom stereocenters. The number of alkyl halides is 2. The van der Waals surface area contributed by atoms with Gasteiger partial charge in [0.15, 0.2) is 11.6 Å². The fourth-order valence-electron chi connectivity index (χ4n) is 8.48. The number of aryl methyl sites for hydroxylation is 2. The first-order valence-electron chi connectivity index (χ1n) is 24.6. The maximum absolute atomic E-state index is 13.6. The van der Waals surface area contributed by atoms with Crippen molar-refractivity contribution in [3.8, 4) is 0 Å². The minimum Gasteiger partial charge on any atom is -0.392 e. The van der Waals surface area contributed by atoms with Gasteiger partial charge in [-0.3, -0.25) is 14.4 Å². The van der Waals surface area contributed by atoms with Gasteiger partial charge >= 0.3 is 0 Å². The zero-order valence-electron chi connectivity index (χ0n) is 43.5. The lowest BCUT2D eigenvalue weighted by molar-refractivity contribution is 0.101. The second-order valence-corrected chi connectivity index (χ2v) is 26.4. The van der Waals surface area contributed by atoms with Gasteiger partial charge in [0.2, 0.25) is 20.0 Å². The Morgan fingerprint density at radius 3 is 1.41 bits per heavy atom. The van der Waals surface area contributed by atoms with Crippen molar-refractivity contribution in [1.29, 1.82) is 0 Å². The van der Waals surface area contributed by atoms with Gasteiger partial charge < -0.3 is 31.3 Å². The fraction of sp³-hybridized carbons (Fsp3) is 0.259. The summed E-state index contributed by atoms with van der Waals surface area (Å²) in [7, 11) is -11.0.